The van der Waals surface area contributed by atoms with Crippen molar-refractivity contribution in [3.63, 3.8) is 0 Å². The van der Waals surface area contributed by atoms with Crippen LogP contribution in [0.15, 0.2) is 5.16 Å². The first-order valence-electron chi connectivity index (χ1n) is 6.31. The Bertz CT molecular complexity index is 242. The SMILES string of the molecule is CCC(C(N)=NO)N(C)C1CCCCC1C. The fraction of sp³-hybridized carbons (Fsp3) is 0.917. The Morgan fingerprint density at radius 1 is 1.50 bits per heavy atom. The largest absolute Gasteiger partial charge is 0.409 e. The number of likely N-dealkylation sites (N-methyl/N-ethyl adjacent to an activating group) is 1. The lowest BCUT2D eigenvalue weighted by Crippen LogP contribution is -2.50. The maximum absolute atomic E-state index is 8.79. The predicted molar refractivity (Wildman–Crippen MR) is 66.7 cm³/mol. The van der Waals surface area contributed by atoms with Crippen molar-refractivity contribution in [1.82, 2.24) is 4.90 Å². The summed E-state index contributed by atoms with van der Waals surface area (Å²) >= 11 is 0. The molecule has 0 aromatic rings. The molecule has 0 spiro atoms. The second-order valence-electron chi connectivity index (χ2n) is 4.94. The molecule has 0 bridgehead atoms. The van der Waals surface area contributed by atoms with Crippen molar-refractivity contribution < 1.29 is 5.21 Å². The molecule has 0 aromatic heterocycles. The minimum atomic E-state index is 0.0653. The van der Waals surface area contributed by atoms with Gasteiger partial charge in [0, 0.05) is 6.04 Å². The van der Waals surface area contributed by atoms with Crippen molar-refractivity contribution in [3.8, 4) is 0 Å². The van der Waals surface area contributed by atoms with E-state index in [2.05, 4.69) is 31.0 Å². The molecule has 1 aliphatic rings. The summed E-state index contributed by atoms with van der Waals surface area (Å²) in [7, 11) is 2.10. The molecule has 3 N–H and O–H groups in total. The number of amidine groups is 1. The highest BCUT2D eigenvalue weighted by atomic mass is 16.4. The standard InChI is InChI=1S/C12H25N3O/c1-4-10(12(13)14-16)15(3)11-8-6-5-7-9(11)2/h9-11,16H,4-8H2,1-3H3,(H2,13,14). The van der Waals surface area contributed by atoms with Crippen molar-refractivity contribution in [2.24, 2.45) is 16.8 Å². The van der Waals surface area contributed by atoms with E-state index in [-0.39, 0.29) is 6.04 Å². The van der Waals surface area contributed by atoms with Crippen LogP contribution in [0, 0.1) is 5.92 Å². The summed E-state index contributed by atoms with van der Waals surface area (Å²) in [5.41, 5.74) is 5.74. The van der Waals surface area contributed by atoms with Gasteiger partial charge in [-0.1, -0.05) is 31.8 Å². The molecule has 0 heterocycles. The van der Waals surface area contributed by atoms with E-state index in [1.54, 1.807) is 0 Å². The van der Waals surface area contributed by atoms with E-state index >= 15 is 0 Å². The number of nitrogens with two attached hydrogens (primary N) is 1. The van der Waals surface area contributed by atoms with Gasteiger partial charge in [0.25, 0.3) is 0 Å². The molecule has 0 aliphatic heterocycles. The van der Waals surface area contributed by atoms with Crippen LogP contribution in [0.25, 0.3) is 0 Å². The van der Waals surface area contributed by atoms with E-state index in [9.17, 15) is 0 Å². The molecule has 3 atom stereocenters. The van der Waals surface area contributed by atoms with Gasteiger partial charge in [0.05, 0.1) is 6.04 Å². The number of hydrogen-bond acceptors (Lipinski definition) is 3. The first-order valence-corrected chi connectivity index (χ1v) is 6.31. The van der Waals surface area contributed by atoms with Crippen LogP contribution in [-0.2, 0) is 0 Å². The van der Waals surface area contributed by atoms with Gasteiger partial charge in [0.1, 0.15) is 0 Å². The highest BCUT2D eigenvalue weighted by Crippen LogP contribution is 2.28. The average Bonchev–Trinajstić information content (AvgIpc) is 2.30. The number of oxime groups is 1. The summed E-state index contributed by atoms with van der Waals surface area (Å²) in [5, 5.41) is 11.9. The summed E-state index contributed by atoms with van der Waals surface area (Å²) in [4.78, 5) is 2.29. The van der Waals surface area contributed by atoms with E-state index in [0.29, 0.717) is 17.8 Å². The Hall–Kier alpha value is -0.770. The van der Waals surface area contributed by atoms with Crippen LogP contribution in [0.4, 0.5) is 0 Å². The van der Waals surface area contributed by atoms with Gasteiger partial charge in [-0.05, 0) is 32.2 Å². The Morgan fingerprint density at radius 2 is 2.12 bits per heavy atom. The Balaban J connectivity index is 2.69. The van der Waals surface area contributed by atoms with Gasteiger partial charge in [-0.25, -0.2) is 0 Å². The number of nitrogens with zero attached hydrogens (tertiary/aromatic N) is 2. The molecule has 4 nitrogen and oxygen atoms in total. The number of rotatable bonds is 4. The maximum atomic E-state index is 8.79. The molecule has 1 aliphatic carbocycles. The van der Waals surface area contributed by atoms with Crippen LogP contribution in [-0.4, -0.2) is 35.1 Å². The molecule has 1 rings (SSSR count). The Kier molecular flexibility index (Phi) is 5.06. The van der Waals surface area contributed by atoms with Gasteiger partial charge in [-0.15, -0.1) is 0 Å². The van der Waals surface area contributed by atoms with Crippen molar-refractivity contribution in [2.45, 2.75) is 58.0 Å². The third kappa shape index (κ3) is 2.88. The molecule has 0 saturated heterocycles. The zero-order valence-electron chi connectivity index (χ0n) is 10.7. The molecular weight excluding hydrogens is 202 g/mol. The summed E-state index contributed by atoms with van der Waals surface area (Å²) in [6.45, 7) is 4.38. The monoisotopic (exact) mass is 227 g/mol. The minimum absolute atomic E-state index is 0.0653. The molecule has 0 radical (unpaired) electrons. The van der Waals surface area contributed by atoms with Gasteiger partial charge >= 0.3 is 0 Å². The lowest BCUT2D eigenvalue weighted by Gasteiger charge is -2.40. The fourth-order valence-electron chi connectivity index (χ4n) is 2.91. The van der Waals surface area contributed by atoms with Crippen LogP contribution in [0.1, 0.15) is 46.0 Å². The molecule has 3 unspecified atom stereocenters. The number of hydrogen-bond donors (Lipinski definition) is 2. The Labute approximate surface area is 98.5 Å². The average molecular weight is 227 g/mol. The zero-order valence-corrected chi connectivity index (χ0v) is 10.7. The van der Waals surface area contributed by atoms with Crippen molar-refractivity contribution in [3.05, 3.63) is 0 Å². The van der Waals surface area contributed by atoms with Crippen LogP contribution < -0.4 is 5.73 Å². The summed E-state index contributed by atoms with van der Waals surface area (Å²) in [6.07, 6.45) is 6.04. The highest BCUT2D eigenvalue weighted by Gasteiger charge is 2.30. The van der Waals surface area contributed by atoms with Crippen LogP contribution in [0.5, 0.6) is 0 Å². The lowest BCUT2D eigenvalue weighted by atomic mass is 9.84. The van der Waals surface area contributed by atoms with E-state index in [0.717, 1.165) is 6.42 Å². The van der Waals surface area contributed by atoms with E-state index in [4.69, 9.17) is 10.9 Å². The summed E-state index contributed by atoms with van der Waals surface area (Å²) in [6, 6.07) is 0.634. The quantitative estimate of drug-likeness (QED) is 0.334. The minimum Gasteiger partial charge on any atom is -0.409 e. The molecular formula is C12H25N3O. The normalized spacial score (nSPS) is 29.4. The predicted octanol–water partition coefficient (Wildman–Crippen LogP) is 2.02. The van der Waals surface area contributed by atoms with Crippen molar-refractivity contribution in [1.29, 1.82) is 0 Å². The van der Waals surface area contributed by atoms with Gasteiger partial charge in [0.15, 0.2) is 5.84 Å². The first-order chi connectivity index (χ1) is 7.61. The third-order valence-electron chi connectivity index (χ3n) is 3.92. The van der Waals surface area contributed by atoms with Crippen LogP contribution in [0.3, 0.4) is 0 Å². The van der Waals surface area contributed by atoms with E-state index < -0.39 is 0 Å². The van der Waals surface area contributed by atoms with E-state index in [1.165, 1.54) is 25.7 Å². The molecule has 0 amide bonds. The maximum Gasteiger partial charge on any atom is 0.156 e. The fourth-order valence-corrected chi connectivity index (χ4v) is 2.91. The molecule has 16 heavy (non-hydrogen) atoms. The van der Waals surface area contributed by atoms with Gasteiger partial charge in [-0.2, -0.15) is 0 Å². The van der Waals surface area contributed by atoms with Gasteiger partial charge in [-0.3, -0.25) is 4.90 Å². The van der Waals surface area contributed by atoms with Crippen LogP contribution in [0.2, 0.25) is 0 Å². The molecule has 4 heteroatoms. The topological polar surface area (TPSA) is 61.9 Å². The lowest BCUT2D eigenvalue weighted by molar-refractivity contribution is 0.118. The van der Waals surface area contributed by atoms with Crippen LogP contribution >= 0.6 is 0 Å². The van der Waals surface area contributed by atoms with E-state index in [1.807, 2.05) is 0 Å². The molecule has 0 aromatic carbocycles. The summed E-state index contributed by atoms with van der Waals surface area (Å²) < 4.78 is 0. The van der Waals surface area contributed by atoms with Crippen molar-refractivity contribution >= 4 is 5.84 Å². The van der Waals surface area contributed by atoms with Gasteiger partial charge < -0.3 is 10.9 Å². The third-order valence-corrected chi connectivity index (χ3v) is 3.92. The second kappa shape index (κ2) is 6.09. The highest BCUT2D eigenvalue weighted by molar-refractivity contribution is 5.85. The smallest absolute Gasteiger partial charge is 0.156 e. The Morgan fingerprint density at radius 3 is 2.62 bits per heavy atom. The molecule has 1 fully saturated rings. The second-order valence-corrected chi connectivity index (χ2v) is 4.94. The van der Waals surface area contributed by atoms with Gasteiger partial charge in [0.2, 0.25) is 0 Å². The first kappa shape index (κ1) is 13.3. The zero-order chi connectivity index (χ0) is 12.1. The molecule has 1 saturated carbocycles. The molecule has 94 valence electrons. The summed E-state index contributed by atoms with van der Waals surface area (Å²) in [5.74, 6) is 1.04. The van der Waals surface area contributed by atoms with Crippen molar-refractivity contribution in [2.75, 3.05) is 7.05 Å².